The molecule has 1 aliphatic heterocycles. The molecule has 2 aliphatic rings. The van der Waals surface area contributed by atoms with Crippen LogP contribution in [0.4, 0.5) is 5.95 Å². The molecular formula is C15H24N4. The molecule has 2 N–H and O–H groups in total. The van der Waals surface area contributed by atoms with Crippen molar-refractivity contribution in [1.82, 2.24) is 9.97 Å². The van der Waals surface area contributed by atoms with Gasteiger partial charge in [0, 0.05) is 30.7 Å². The molecule has 2 fully saturated rings. The third-order valence-corrected chi connectivity index (χ3v) is 4.61. The van der Waals surface area contributed by atoms with Crippen molar-refractivity contribution in [1.29, 1.82) is 0 Å². The van der Waals surface area contributed by atoms with Crippen LogP contribution in [-0.2, 0) is 5.41 Å². The van der Waals surface area contributed by atoms with Gasteiger partial charge in [-0.25, -0.2) is 9.97 Å². The Morgan fingerprint density at radius 3 is 2.74 bits per heavy atom. The third-order valence-electron chi connectivity index (χ3n) is 4.61. The van der Waals surface area contributed by atoms with E-state index in [1.807, 2.05) is 12.3 Å². The average Bonchev–Trinajstić information content (AvgIpc) is 2.91. The van der Waals surface area contributed by atoms with Crippen molar-refractivity contribution in [2.75, 3.05) is 18.0 Å². The molecule has 1 aromatic rings. The minimum atomic E-state index is 0.0731. The number of anilines is 1. The normalized spacial score (nSPS) is 30.7. The molecule has 0 spiro atoms. The summed E-state index contributed by atoms with van der Waals surface area (Å²) in [6.45, 7) is 8.67. The minimum Gasteiger partial charge on any atom is -0.340 e. The zero-order valence-electron chi connectivity index (χ0n) is 12.1. The van der Waals surface area contributed by atoms with Crippen LogP contribution in [0.15, 0.2) is 12.3 Å². The van der Waals surface area contributed by atoms with Gasteiger partial charge in [-0.05, 0) is 30.7 Å². The summed E-state index contributed by atoms with van der Waals surface area (Å²) in [5.74, 6) is 2.27. The van der Waals surface area contributed by atoms with E-state index >= 15 is 0 Å². The molecule has 4 heteroatoms. The van der Waals surface area contributed by atoms with Crippen LogP contribution < -0.4 is 10.6 Å². The smallest absolute Gasteiger partial charge is 0.225 e. The largest absolute Gasteiger partial charge is 0.340 e. The lowest BCUT2D eigenvalue weighted by atomic mass is 9.92. The Morgan fingerprint density at radius 1 is 1.26 bits per heavy atom. The quantitative estimate of drug-likeness (QED) is 0.838. The lowest BCUT2D eigenvalue weighted by Gasteiger charge is -2.22. The van der Waals surface area contributed by atoms with E-state index < -0.39 is 0 Å². The van der Waals surface area contributed by atoms with Crippen LogP contribution in [0, 0.1) is 11.8 Å². The monoisotopic (exact) mass is 260 g/mol. The molecule has 19 heavy (non-hydrogen) atoms. The number of hydrogen-bond acceptors (Lipinski definition) is 4. The fourth-order valence-electron chi connectivity index (χ4n) is 3.39. The molecule has 104 valence electrons. The van der Waals surface area contributed by atoms with Crippen LogP contribution >= 0.6 is 0 Å². The summed E-state index contributed by atoms with van der Waals surface area (Å²) in [5, 5.41) is 0. The van der Waals surface area contributed by atoms with Gasteiger partial charge in [-0.2, -0.15) is 0 Å². The maximum atomic E-state index is 6.19. The first-order valence-electron chi connectivity index (χ1n) is 7.29. The van der Waals surface area contributed by atoms with E-state index in [2.05, 4.69) is 30.7 Å². The molecule has 3 rings (SSSR count). The molecule has 1 saturated carbocycles. The second-order valence-electron chi connectivity index (χ2n) is 7.06. The third kappa shape index (κ3) is 2.34. The Hall–Kier alpha value is -1.16. The maximum absolute atomic E-state index is 6.19. The van der Waals surface area contributed by atoms with Gasteiger partial charge in [0.1, 0.15) is 0 Å². The summed E-state index contributed by atoms with van der Waals surface area (Å²) in [6, 6.07) is 2.40. The van der Waals surface area contributed by atoms with E-state index in [9.17, 15) is 0 Å². The Labute approximate surface area is 115 Å². The first kappa shape index (κ1) is 12.9. The van der Waals surface area contributed by atoms with Gasteiger partial charge < -0.3 is 10.6 Å². The highest BCUT2D eigenvalue weighted by Crippen LogP contribution is 2.38. The molecule has 0 amide bonds. The van der Waals surface area contributed by atoms with Crippen LogP contribution in [0.25, 0.3) is 0 Å². The van der Waals surface area contributed by atoms with E-state index in [4.69, 9.17) is 10.7 Å². The van der Waals surface area contributed by atoms with Crippen LogP contribution in [0.2, 0.25) is 0 Å². The van der Waals surface area contributed by atoms with E-state index in [-0.39, 0.29) is 5.41 Å². The zero-order chi connectivity index (χ0) is 13.6. The maximum Gasteiger partial charge on any atom is 0.225 e. The van der Waals surface area contributed by atoms with E-state index in [0.29, 0.717) is 12.0 Å². The van der Waals surface area contributed by atoms with Gasteiger partial charge in [0.05, 0.1) is 5.69 Å². The average molecular weight is 260 g/mol. The van der Waals surface area contributed by atoms with Crippen molar-refractivity contribution in [2.24, 2.45) is 17.6 Å². The van der Waals surface area contributed by atoms with Crippen molar-refractivity contribution < 1.29 is 0 Å². The first-order valence-corrected chi connectivity index (χ1v) is 7.29. The molecule has 0 aromatic carbocycles. The molecule has 1 aromatic heterocycles. The van der Waals surface area contributed by atoms with E-state index in [1.54, 1.807) is 0 Å². The Kier molecular flexibility index (Phi) is 3.01. The predicted molar refractivity (Wildman–Crippen MR) is 77.1 cm³/mol. The van der Waals surface area contributed by atoms with Gasteiger partial charge in [-0.15, -0.1) is 0 Å². The standard InChI is InChI=1S/C15H24N4/c1-15(2,3)13-6-7-17-14(18-13)19-8-10-4-5-12(16)11(10)9-19/h6-7,10-12H,4-5,8-9,16H2,1-3H3. The van der Waals surface area contributed by atoms with Crippen LogP contribution in [0.5, 0.6) is 0 Å². The highest BCUT2D eigenvalue weighted by atomic mass is 15.3. The molecule has 1 saturated heterocycles. The summed E-state index contributed by atoms with van der Waals surface area (Å²) < 4.78 is 0. The highest BCUT2D eigenvalue weighted by Gasteiger charge is 2.41. The number of hydrogen-bond donors (Lipinski definition) is 1. The lowest BCUT2D eigenvalue weighted by molar-refractivity contribution is 0.453. The molecule has 3 atom stereocenters. The Morgan fingerprint density at radius 2 is 2.05 bits per heavy atom. The summed E-state index contributed by atoms with van der Waals surface area (Å²) in [6.07, 6.45) is 4.34. The number of nitrogens with two attached hydrogens (primary N) is 1. The van der Waals surface area contributed by atoms with Crippen molar-refractivity contribution in [2.45, 2.75) is 45.1 Å². The van der Waals surface area contributed by atoms with Crippen LogP contribution in [0.3, 0.4) is 0 Å². The fourth-order valence-corrected chi connectivity index (χ4v) is 3.39. The lowest BCUT2D eigenvalue weighted by Crippen LogP contribution is -2.31. The number of rotatable bonds is 1. The van der Waals surface area contributed by atoms with Crippen LogP contribution in [-0.4, -0.2) is 29.1 Å². The first-order chi connectivity index (χ1) is 8.95. The summed E-state index contributed by atoms with van der Waals surface area (Å²) in [5.41, 5.74) is 7.38. The molecule has 1 aliphatic carbocycles. The van der Waals surface area contributed by atoms with Crippen molar-refractivity contribution >= 4 is 5.95 Å². The topological polar surface area (TPSA) is 55.0 Å². The van der Waals surface area contributed by atoms with Crippen molar-refractivity contribution in [3.63, 3.8) is 0 Å². The minimum absolute atomic E-state index is 0.0731. The molecule has 4 nitrogen and oxygen atoms in total. The van der Waals surface area contributed by atoms with Gasteiger partial charge in [-0.3, -0.25) is 0 Å². The van der Waals surface area contributed by atoms with Gasteiger partial charge in [-0.1, -0.05) is 20.8 Å². The zero-order valence-corrected chi connectivity index (χ0v) is 12.1. The second kappa shape index (κ2) is 4.44. The molecule has 0 bridgehead atoms. The van der Waals surface area contributed by atoms with Crippen molar-refractivity contribution in [3.8, 4) is 0 Å². The summed E-state index contributed by atoms with van der Waals surface area (Å²) in [7, 11) is 0. The Bertz CT molecular complexity index is 465. The number of aromatic nitrogens is 2. The molecular weight excluding hydrogens is 236 g/mol. The Balaban J connectivity index is 1.81. The fraction of sp³-hybridized carbons (Fsp3) is 0.733. The highest BCUT2D eigenvalue weighted by molar-refractivity contribution is 5.34. The molecule has 3 unspecified atom stereocenters. The van der Waals surface area contributed by atoms with Gasteiger partial charge in [0.25, 0.3) is 0 Å². The second-order valence-corrected chi connectivity index (χ2v) is 7.06. The number of nitrogens with zero attached hydrogens (tertiary/aromatic N) is 3. The van der Waals surface area contributed by atoms with Gasteiger partial charge >= 0.3 is 0 Å². The SMILES string of the molecule is CC(C)(C)c1ccnc(N2CC3CCC(N)C3C2)n1. The predicted octanol–water partition coefficient (Wildman–Crippen LogP) is 1.95. The van der Waals surface area contributed by atoms with Crippen molar-refractivity contribution in [3.05, 3.63) is 18.0 Å². The van der Waals surface area contributed by atoms with E-state index in [1.165, 1.54) is 12.8 Å². The number of fused-ring (bicyclic) bond motifs is 1. The van der Waals surface area contributed by atoms with E-state index in [0.717, 1.165) is 30.6 Å². The summed E-state index contributed by atoms with van der Waals surface area (Å²) in [4.78, 5) is 11.5. The van der Waals surface area contributed by atoms with Gasteiger partial charge in [0.15, 0.2) is 0 Å². The molecule has 0 radical (unpaired) electrons. The molecule has 2 heterocycles. The summed E-state index contributed by atoms with van der Waals surface area (Å²) >= 11 is 0. The van der Waals surface area contributed by atoms with Gasteiger partial charge in [0.2, 0.25) is 5.95 Å². The van der Waals surface area contributed by atoms with Crippen LogP contribution in [0.1, 0.15) is 39.3 Å².